The van der Waals surface area contributed by atoms with Gasteiger partial charge < -0.3 is 15.4 Å². The molecule has 0 saturated carbocycles. The summed E-state index contributed by atoms with van der Waals surface area (Å²) in [6.07, 6.45) is 3.18. The van der Waals surface area contributed by atoms with Gasteiger partial charge in [-0.1, -0.05) is 19.8 Å². The van der Waals surface area contributed by atoms with Crippen LogP contribution in [0.1, 0.15) is 32.6 Å². The molecule has 92 valence electrons. The van der Waals surface area contributed by atoms with Gasteiger partial charge in [-0.2, -0.15) is 0 Å². The average Bonchev–Trinajstić information content (AvgIpc) is 2.28. The third kappa shape index (κ3) is 4.61. The number of piperazine rings is 1. The molecule has 5 nitrogen and oxygen atoms in total. The van der Waals surface area contributed by atoms with Crippen molar-refractivity contribution >= 4 is 11.9 Å². The maximum Gasteiger partial charge on any atom is 0.307 e. The number of amides is 1. The zero-order chi connectivity index (χ0) is 11.8. The van der Waals surface area contributed by atoms with Crippen molar-refractivity contribution in [2.24, 2.45) is 0 Å². The number of unbranched alkanes of at least 4 members (excludes halogenated alkanes) is 2. The number of rotatable bonds is 6. The Morgan fingerprint density at radius 3 is 2.94 bits per heavy atom. The number of carbonyl (C=O) groups excluding carboxylic acids is 2. The minimum Gasteiger partial charge on any atom is -0.466 e. The van der Waals surface area contributed by atoms with Crippen LogP contribution in [0.5, 0.6) is 0 Å². The van der Waals surface area contributed by atoms with Crippen LogP contribution in [-0.4, -0.2) is 37.6 Å². The second kappa shape index (κ2) is 7.22. The van der Waals surface area contributed by atoms with Crippen LogP contribution in [0.15, 0.2) is 0 Å². The maximum absolute atomic E-state index is 11.4. The molecular formula is C11H20N2O3. The van der Waals surface area contributed by atoms with Gasteiger partial charge in [0, 0.05) is 13.1 Å². The van der Waals surface area contributed by atoms with Gasteiger partial charge in [0.1, 0.15) is 0 Å². The van der Waals surface area contributed by atoms with Crippen molar-refractivity contribution in [1.29, 1.82) is 0 Å². The highest BCUT2D eigenvalue weighted by Crippen LogP contribution is 2.00. The number of esters is 1. The topological polar surface area (TPSA) is 67.4 Å². The summed E-state index contributed by atoms with van der Waals surface area (Å²) in [5.74, 6) is -0.414. The van der Waals surface area contributed by atoms with Crippen LogP contribution in [-0.2, 0) is 14.3 Å². The first-order chi connectivity index (χ1) is 7.74. The molecule has 1 amide bonds. The molecule has 2 N–H and O–H groups in total. The fourth-order valence-electron chi connectivity index (χ4n) is 1.58. The van der Waals surface area contributed by atoms with E-state index in [4.69, 9.17) is 4.74 Å². The van der Waals surface area contributed by atoms with Crippen molar-refractivity contribution < 1.29 is 14.3 Å². The molecule has 0 bridgehead atoms. The summed E-state index contributed by atoms with van der Waals surface area (Å²) in [5, 5.41) is 5.69. The number of carbonyl (C=O) groups is 2. The highest BCUT2D eigenvalue weighted by atomic mass is 16.5. The van der Waals surface area contributed by atoms with E-state index in [-0.39, 0.29) is 18.3 Å². The van der Waals surface area contributed by atoms with Crippen LogP contribution in [0.3, 0.4) is 0 Å². The second-order valence-corrected chi connectivity index (χ2v) is 3.93. The van der Waals surface area contributed by atoms with Crippen molar-refractivity contribution in [3.63, 3.8) is 0 Å². The van der Waals surface area contributed by atoms with Gasteiger partial charge in [0.05, 0.1) is 19.1 Å². The third-order valence-electron chi connectivity index (χ3n) is 2.51. The minimum atomic E-state index is -0.424. The Morgan fingerprint density at radius 1 is 1.44 bits per heavy atom. The van der Waals surface area contributed by atoms with Crippen LogP contribution >= 0.6 is 0 Å². The van der Waals surface area contributed by atoms with Crippen molar-refractivity contribution in [1.82, 2.24) is 10.6 Å². The van der Waals surface area contributed by atoms with E-state index in [1.54, 1.807) is 0 Å². The summed E-state index contributed by atoms with van der Waals surface area (Å²) in [4.78, 5) is 22.7. The lowest BCUT2D eigenvalue weighted by molar-refractivity contribution is -0.146. The first-order valence-corrected chi connectivity index (χ1v) is 5.90. The summed E-state index contributed by atoms with van der Waals surface area (Å²) < 4.78 is 5.04. The van der Waals surface area contributed by atoms with E-state index >= 15 is 0 Å². The van der Waals surface area contributed by atoms with Gasteiger partial charge >= 0.3 is 5.97 Å². The molecular weight excluding hydrogens is 208 g/mol. The second-order valence-electron chi connectivity index (χ2n) is 3.93. The molecule has 0 aromatic carbocycles. The van der Waals surface area contributed by atoms with Crippen LogP contribution in [0.2, 0.25) is 0 Å². The average molecular weight is 228 g/mol. The number of ether oxygens (including phenoxy) is 1. The molecule has 1 fully saturated rings. The van der Waals surface area contributed by atoms with Crippen molar-refractivity contribution in [3.05, 3.63) is 0 Å². The molecule has 0 aliphatic carbocycles. The molecule has 1 aliphatic rings. The van der Waals surface area contributed by atoms with Gasteiger partial charge in [-0.15, -0.1) is 0 Å². The van der Waals surface area contributed by atoms with Crippen LogP contribution in [0.4, 0.5) is 0 Å². The number of nitrogens with one attached hydrogen (secondary N) is 2. The Hall–Kier alpha value is -1.10. The zero-order valence-corrected chi connectivity index (χ0v) is 9.75. The molecule has 16 heavy (non-hydrogen) atoms. The summed E-state index contributed by atoms with van der Waals surface area (Å²) >= 11 is 0. The Balaban J connectivity index is 2.15. The van der Waals surface area contributed by atoms with Crippen molar-refractivity contribution in [2.45, 2.75) is 38.6 Å². The Labute approximate surface area is 95.9 Å². The predicted molar refractivity (Wildman–Crippen MR) is 59.9 cm³/mol. The normalized spacial score (nSPS) is 20.3. The van der Waals surface area contributed by atoms with E-state index in [0.717, 1.165) is 19.3 Å². The third-order valence-corrected chi connectivity index (χ3v) is 2.51. The standard InChI is InChI=1S/C11H20N2O3/c1-2-3-4-7-16-10(14)8-9-11(15)13-6-5-12-9/h9,12H,2-8H2,1H3,(H,13,15). The molecule has 0 radical (unpaired) electrons. The molecule has 5 heteroatoms. The largest absolute Gasteiger partial charge is 0.466 e. The molecule has 1 aliphatic heterocycles. The van der Waals surface area contributed by atoms with Crippen molar-refractivity contribution in [3.8, 4) is 0 Å². The lowest BCUT2D eigenvalue weighted by atomic mass is 10.1. The quantitative estimate of drug-likeness (QED) is 0.503. The van der Waals surface area contributed by atoms with Crippen LogP contribution in [0.25, 0.3) is 0 Å². The number of hydrogen-bond acceptors (Lipinski definition) is 4. The van der Waals surface area contributed by atoms with E-state index in [0.29, 0.717) is 19.7 Å². The molecule has 1 rings (SSSR count). The van der Waals surface area contributed by atoms with E-state index in [2.05, 4.69) is 17.6 Å². The van der Waals surface area contributed by atoms with E-state index in [9.17, 15) is 9.59 Å². The van der Waals surface area contributed by atoms with Gasteiger partial charge in [0.15, 0.2) is 0 Å². The molecule has 1 heterocycles. The zero-order valence-electron chi connectivity index (χ0n) is 9.75. The first kappa shape index (κ1) is 13.0. The monoisotopic (exact) mass is 228 g/mol. The fraction of sp³-hybridized carbons (Fsp3) is 0.818. The smallest absolute Gasteiger partial charge is 0.307 e. The lowest BCUT2D eigenvalue weighted by Gasteiger charge is -2.22. The summed E-state index contributed by atoms with van der Waals surface area (Å²) in [7, 11) is 0. The summed E-state index contributed by atoms with van der Waals surface area (Å²) in [6, 6.07) is -0.424. The number of hydrogen-bond donors (Lipinski definition) is 2. The van der Waals surface area contributed by atoms with Gasteiger partial charge in [-0.3, -0.25) is 9.59 Å². The van der Waals surface area contributed by atoms with Crippen LogP contribution < -0.4 is 10.6 Å². The highest BCUT2D eigenvalue weighted by Gasteiger charge is 2.24. The maximum atomic E-state index is 11.4. The van der Waals surface area contributed by atoms with Gasteiger partial charge in [0.2, 0.25) is 5.91 Å². The SMILES string of the molecule is CCCCCOC(=O)CC1NCCNC1=O. The van der Waals surface area contributed by atoms with Gasteiger partial charge in [-0.05, 0) is 6.42 Å². The van der Waals surface area contributed by atoms with E-state index < -0.39 is 6.04 Å². The summed E-state index contributed by atoms with van der Waals surface area (Å²) in [5.41, 5.74) is 0. The summed E-state index contributed by atoms with van der Waals surface area (Å²) in [6.45, 7) is 3.89. The van der Waals surface area contributed by atoms with Crippen LogP contribution in [0, 0.1) is 0 Å². The lowest BCUT2D eigenvalue weighted by Crippen LogP contribution is -2.53. The molecule has 1 atom stereocenters. The molecule has 0 aromatic rings. The molecule has 1 saturated heterocycles. The molecule has 0 aromatic heterocycles. The Morgan fingerprint density at radius 2 is 2.25 bits per heavy atom. The van der Waals surface area contributed by atoms with E-state index in [1.165, 1.54) is 0 Å². The minimum absolute atomic E-state index is 0.114. The van der Waals surface area contributed by atoms with Crippen molar-refractivity contribution in [2.75, 3.05) is 19.7 Å². The fourth-order valence-corrected chi connectivity index (χ4v) is 1.58. The van der Waals surface area contributed by atoms with Gasteiger partial charge in [0.25, 0.3) is 0 Å². The highest BCUT2D eigenvalue weighted by molar-refractivity contribution is 5.87. The molecule has 1 unspecified atom stereocenters. The predicted octanol–water partition coefficient (Wildman–Crippen LogP) is 0.198. The molecule has 0 spiro atoms. The van der Waals surface area contributed by atoms with E-state index in [1.807, 2.05) is 0 Å². The Kier molecular flexibility index (Phi) is 5.85. The first-order valence-electron chi connectivity index (χ1n) is 5.90. The van der Waals surface area contributed by atoms with Gasteiger partial charge in [-0.25, -0.2) is 0 Å². The Bertz CT molecular complexity index is 243.